The van der Waals surface area contributed by atoms with Gasteiger partial charge in [-0.15, -0.1) is 0 Å². The van der Waals surface area contributed by atoms with Gasteiger partial charge in [-0.25, -0.2) is 0 Å². The number of nitrogens with zero attached hydrogens (tertiary/aromatic N) is 1. The van der Waals surface area contributed by atoms with Crippen LogP contribution in [0.1, 0.15) is 32.3 Å². The highest BCUT2D eigenvalue weighted by atomic mass is 16.3. The van der Waals surface area contributed by atoms with Gasteiger partial charge in [0.2, 0.25) is 0 Å². The van der Waals surface area contributed by atoms with Crippen molar-refractivity contribution in [2.75, 3.05) is 33.2 Å². The third kappa shape index (κ3) is 4.53. The first-order chi connectivity index (χ1) is 10.0. The first-order valence-electron chi connectivity index (χ1n) is 8.16. The minimum atomic E-state index is -0.0503. The maximum atomic E-state index is 9.43. The van der Waals surface area contributed by atoms with Gasteiger partial charge in [0.1, 0.15) is 0 Å². The molecular formula is C18H30N2O. The number of hydrogen-bond donors (Lipinski definition) is 2. The van der Waals surface area contributed by atoms with Gasteiger partial charge < -0.3 is 15.3 Å². The summed E-state index contributed by atoms with van der Waals surface area (Å²) >= 11 is 0. The molecule has 1 aromatic carbocycles. The Bertz CT molecular complexity index is 416. The number of benzene rings is 1. The van der Waals surface area contributed by atoms with Gasteiger partial charge in [-0.1, -0.05) is 44.2 Å². The second-order valence-electron chi connectivity index (χ2n) is 6.90. The Balaban J connectivity index is 1.98. The fourth-order valence-corrected chi connectivity index (χ4v) is 3.44. The van der Waals surface area contributed by atoms with E-state index in [0.717, 1.165) is 39.0 Å². The number of likely N-dealkylation sites (N-methyl/N-ethyl adjacent to an activating group) is 2. The number of aliphatic hydroxyl groups is 1. The van der Waals surface area contributed by atoms with Crippen molar-refractivity contribution in [1.82, 2.24) is 10.2 Å². The van der Waals surface area contributed by atoms with E-state index in [-0.39, 0.29) is 11.5 Å². The smallest absolute Gasteiger partial charge is 0.0546 e. The summed E-state index contributed by atoms with van der Waals surface area (Å²) in [6, 6.07) is 10.8. The van der Waals surface area contributed by atoms with E-state index in [1.807, 2.05) is 0 Å². The monoisotopic (exact) mass is 290 g/mol. The Morgan fingerprint density at radius 2 is 1.95 bits per heavy atom. The van der Waals surface area contributed by atoms with E-state index in [2.05, 4.69) is 61.4 Å². The summed E-state index contributed by atoms with van der Waals surface area (Å²) < 4.78 is 0. The third-order valence-corrected chi connectivity index (χ3v) is 4.64. The Morgan fingerprint density at radius 1 is 1.29 bits per heavy atom. The van der Waals surface area contributed by atoms with Gasteiger partial charge in [0, 0.05) is 25.0 Å². The van der Waals surface area contributed by atoms with E-state index in [4.69, 9.17) is 0 Å². The fourth-order valence-electron chi connectivity index (χ4n) is 3.44. The summed E-state index contributed by atoms with van der Waals surface area (Å²) in [5, 5.41) is 12.9. The lowest BCUT2D eigenvalue weighted by molar-refractivity contribution is 0.0257. The first kappa shape index (κ1) is 16.5. The molecule has 0 heterocycles. The standard InChI is InChI=1S/C18H30N2O/c1-4-19-13-18(2,16-8-6-5-7-9-16)14-20(3)12-15-10-17(21)11-15/h5-9,15,17,19,21H,4,10-14H2,1-3H3. The predicted molar refractivity (Wildman–Crippen MR) is 88.6 cm³/mol. The van der Waals surface area contributed by atoms with Crippen LogP contribution >= 0.6 is 0 Å². The highest BCUT2D eigenvalue weighted by Crippen LogP contribution is 2.29. The van der Waals surface area contributed by atoms with E-state index >= 15 is 0 Å². The van der Waals surface area contributed by atoms with Crippen molar-refractivity contribution in [2.45, 2.75) is 38.2 Å². The molecule has 0 amide bonds. The van der Waals surface area contributed by atoms with E-state index in [9.17, 15) is 5.11 Å². The molecule has 2 rings (SSSR count). The summed E-state index contributed by atoms with van der Waals surface area (Å²) in [6.45, 7) is 8.62. The molecule has 1 atom stereocenters. The van der Waals surface area contributed by atoms with Gasteiger partial charge in [0.25, 0.3) is 0 Å². The topological polar surface area (TPSA) is 35.5 Å². The van der Waals surface area contributed by atoms with Crippen molar-refractivity contribution in [3.8, 4) is 0 Å². The lowest BCUT2D eigenvalue weighted by Crippen LogP contribution is -2.47. The molecule has 0 saturated heterocycles. The zero-order chi connectivity index (χ0) is 15.3. The first-order valence-corrected chi connectivity index (χ1v) is 8.16. The molecular weight excluding hydrogens is 260 g/mol. The van der Waals surface area contributed by atoms with Crippen LogP contribution in [0.4, 0.5) is 0 Å². The highest BCUT2D eigenvalue weighted by molar-refractivity contribution is 5.25. The van der Waals surface area contributed by atoms with E-state index in [1.165, 1.54) is 5.56 Å². The molecule has 0 bridgehead atoms. The average molecular weight is 290 g/mol. The minimum Gasteiger partial charge on any atom is -0.393 e. The highest BCUT2D eigenvalue weighted by Gasteiger charge is 2.31. The van der Waals surface area contributed by atoms with Crippen LogP contribution in [0.2, 0.25) is 0 Å². The van der Waals surface area contributed by atoms with Crippen LogP contribution in [0.3, 0.4) is 0 Å². The van der Waals surface area contributed by atoms with Crippen LogP contribution in [-0.2, 0) is 5.41 Å². The van der Waals surface area contributed by atoms with Gasteiger partial charge in [-0.3, -0.25) is 0 Å². The summed E-state index contributed by atoms with van der Waals surface area (Å²) in [6.07, 6.45) is 1.89. The van der Waals surface area contributed by atoms with E-state index in [1.54, 1.807) is 0 Å². The Hall–Kier alpha value is -0.900. The molecule has 21 heavy (non-hydrogen) atoms. The summed E-state index contributed by atoms with van der Waals surface area (Å²) in [7, 11) is 2.21. The van der Waals surface area contributed by atoms with Crippen LogP contribution in [0.5, 0.6) is 0 Å². The zero-order valence-electron chi connectivity index (χ0n) is 13.7. The molecule has 0 spiro atoms. The molecule has 0 radical (unpaired) electrons. The minimum absolute atomic E-state index is 0.0503. The van der Waals surface area contributed by atoms with Crippen molar-refractivity contribution in [3.05, 3.63) is 35.9 Å². The van der Waals surface area contributed by atoms with Crippen LogP contribution in [0.15, 0.2) is 30.3 Å². The molecule has 3 nitrogen and oxygen atoms in total. The molecule has 2 N–H and O–H groups in total. The largest absolute Gasteiger partial charge is 0.393 e. The van der Waals surface area contributed by atoms with Crippen molar-refractivity contribution in [1.29, 1.82) is 0 Å². The average Bonchev–Trinajstić information content (AvgIpc) is 2.44. The lowest BCUT2D eigenvalue weighted by atomic mass is 9.79. The van der Waals surface area contributed by atoms with E-state index < -0.39 is 0 Å². The molecule has 1 aliphatic carbocycles. The predicted octanol–water partition coefficient (Wildman–Crippen LogP) is 2.26. The number of nitrogens with one attached hydrogen (secondary N) is 1. The van der Waals surface area contributed by atoms with Gasteiger partial charge >= 0.3 is 0 Å². The Labute approximate surface area is 129 Å². The molecule has 3 heteroatoms. The molecule has 118 valence electrons. The summed E-state index contributed by atoms with van der Waals surface area (Å²) in [5.41, 5.74) is 1.51. The SMILES string of the molecule is CCNCC(C)(CN(C)CC1CC(O)C1)c1ccccc1. The van der Waals surface area contributed by atoms with Crippen molar-refractivity contribution in [3.63, 3.8) is 0 Å². The molecule has 1 aromatic rings. The fraction of sp³-hybridized carbons (Fsp3) is 0.667. The molecule has 1 aliphatic rings. The van der Waals surface area contributed by atoms with Gasteiger partial charge in [0.15, 0.2) is 0 Å². The van der Waals surface area contributed by atoms with Crippen LogP contribution in [0, 0.1) is 5.92 Å². The quantitative estimate of drug-likeness (QED) is 0.771. The van der Waals surface area contributed by atoms with Crippen molar-refractivity contribution < 1.29 is 5.11 Å². The lowest BCUT2D eigenvalue weighted by Gasteiger charge is -2.39. The molecule has 1 saturated carbocycles. The molecule has 0 aromatic heterocycles. The number of hydrogen-bond acceptors (Lipinski definition) is 3. The molecule has 1 unspecified atom stereocenters. The Morgan fingerprint density at radius 3 is 2.52 bits per heavy atom. The Kier molecular flexibility index (Phi) is 5.80. The van der Waals surface area contributed by atoms with E-state index in [0.29, 0.717) is 5.92 Å². The molecule has 0 aliphatic heterocycles. The van der Waals surface area contributed by atoms with Gasteiger partial charge in [-0.2, -0.15) is 0 Å². The van der Waals surface area contributed by atoms with Gasteiger partial charge in [-0.05, 0) is 37.9 Å². The summed E-state index contributed by atoms with van der Waals surface area (Å²) in [5.74, 6) is 0.671. The second-order valence-corrected chi connectivity index (χ2v) is 6.90. The maximum Gasteiger partial charge on any atom is 0.0546 e. The summed E-state index contributed by atoms with van der Waals surface area (Å²) in [4.78, 5) is 2.43. The maximum absolute atomic E-state index is 9.43. The molecule has 1 fully saturated rings. The van der Waals surface area contributed by atoms with Crippen LogP contribution in [0.25, 0.3) is 0 Å². The zero-order valence-corrected chi connectivity index (χ0v) is 13.7. The number of rotatable bonds is 8. The van der Waals surface area contributed by atoms with Crippen LogP contribution in [-0.4, -0.2) is 49.3 Å². The van der Waals surface area contributed by atoms with Crippen molar-refractivity contribution >= 4 is 0 Å². The second kappa shape index (κ2) is 7.39. The third-order valence-electron chi connectivity index (χ3n) is 4.64. The van der Waals surface area contributed by atoms with Gasteiger partial charge in [0.05, 0.1) is 6.10 Å². The number of aliphatic hydroxyl groups excluding tert-OH is 1. The van der Waals surface area contributed by atoms with Crippen molar-refractivity contribution in [2.24, 2.45) is 5.92 Å². The van der Waals surface area contributed by atoms with Crippen LogP contribution < -0.4 is 5.32 Å². The normalized spacial score (nSPS) is 24.6.